The lowest BCUT2D eigenvalue weighted by Gasteiger charge is -2.09. The molecule has 0 aliphatic carbocycles. The molecule has 7 heteroatoms. The first-order valence-electron chi connectivity index (χ1n) is 5.11. The molecular weight excluding hydrogens is 260 g/mol. The maximum Gasteiger partial charge on any atom is 0.312 e. The number of rotatable bonds is 6. The van der Waals surface area contributed by atoms with Crippen LogP contribution in [0.2, 0.25) is 5.02 Å². The summed E-state index contributed by atoms with van der Waals surface area (Å²) in [7, 11) is 1.33. The molecule has 0 unspecified atom stereocenters. The van der Waals surface area contributed by atoms with Crippen molar-refractivity contribution in [3.05, 3.63) is 27.3 Å². The molecule has 0 saturated carbocycles. The fourth-order valence-electron chi connectivity index (χ4n) is 1.27. The van der Waals surface area contributed by atoms with Gasteiger partial charge in [-0.1, -0.05) is 11.6 Å². The molecule has 18 heavy (non-hydrogen) atoms. The summed E-state index contributed by atoms with van der Waals surface area (Å²) in [6.45, 7) is 0.314. The summed E-state index contributed by atoms with van der Waals surface area (Å²) in [5.41, 5.74) is -0.216. The Labute approximate surface area is 109 Å². The summed E-state index contributed by atoms with van der Waals surface area (Å²) in [6.07, 6.45) is 0.938. The van der Waals surface area contributed by atoms with Crippen LogP contribution in [0.25, 0.3) is 0 Å². The van der Waals surface area contributed by atoms with E-state index in [-0.39, 0.29) is 16.5 Å². The van der Waals surface area contributed by atoms with Crippen molar-refractivity contribution in [1.29, 1.82) is 5.26 Å². The quantitative estimate of drug-likeness (QED) is 0.451. The summed E-state index contributed by atoms with van der Waals surface area (Å²) in [4.78, 5) is 10.2. The molecule has 1 aromatic carbocycles. The number of hydrogen-bond acceptors (Lipinski definition) is 5. The van der Waals surface area contributed by atoms with Gasteiger partial charge in [0.2, 0.25) is 5.75 Å². The second kappa shape index (κ2) is 6.67. The van der Waals surface area contributed by atoms with Crippen LogP contribution in [0.1, 0.15) is 12.8 Å². The molecule has 0 heterocycles. The van der Waals surface area contributed by atoms with Crippen molar-refractivity contribution in [3.63, 3.8) is 0 Å². The van der Waals surface area contributed by atoms with Gasteiger partial charge in [0, 0.05) is 18.6 Å². The minimum Gasteiger partial charge on any atom is -0.492 e. The summed E-state index contributed by atoms with van der Waals surface area (Å²) >= 11 is 5.87. The van der Waals surface area contributed by atoms with Gasteiger partial charge in [-0.15, -0.1) is 0 Å². The fraction of sp³-hybridized carbons (Fsp3) is 0.364. The molecule has 1 rings (SSSR count). The average molecular weight is 271 g/mol. The van der Waals surface area contributed by atoms with Gasteiger partial charge in [0.25, 0.3) is 0 Å². The molecule has 0 fully saturated rings. The first-order valence-corrected chi connectivity index (χ1v) is 5.49. The number of hydrogen-bond donors (Lipinski definition) is 0. The van der Waals surface area contributed by atoms with E-state index < -0.39 is 4.92 Å². The van der Waals surface area contributed by atoms with Gasteiger partial charge < -0.3 is 9.47 Å². The van der Waals surface area contributed by atoms with Crippen LogP contribution in [0, 0.1) is 21.4 Å². The highest BCUT2D eigenvalue weighted by Gasteiger charge is 2.18. The van der Waals surface area contributed by atoms with Crippen LogP contribution in [0.4, 0.5) is 5.69 Å². The first-order chi connectivity index (χ1) is 8.60. The van der Waals surface area contributed by atoms with E-state index in [9.17, 15) is 10.1 Å². The number of nitrogens with zero attached hydrogens (tertiary/aromatic N) is 2. The van der Waals surface area contributed by atoms with Crippen molar-refractivity contribution in [2.24, 2.45) is 0 Å². The standard InChI is InChI=1S/C11H11ClN2O4/c1-17-11-7-10(18-5-3-2-4-13)8(12)6-9(11)14(15)16/h6-7H,2-3,5H2,1H3. The molecule has 0 aromatic heterocycles. The van der Waals surface area contributed by atoms with Gasteiger partial charge in [-0.05, 0) is 6.42 Å². The molecule has 0 amide bonds. The van der Waals surface area contributed by atoms with Crippen molar-refractivity contribution in [2.45, 2.75) is 12.8 Å². The number of nitro groups is 1. The van der Waals surface area contributed by atoms with E-state index in [1.54, 1.807) is 0 Å². The Morgan fingerprint density at radius 1 is 1.50 bits per heavy atom. The van der Waals surface area contributed by atoms with Gasteiger partial charge in [0.15, 0.2) is 0 Å². The summed E-state index contributed by atoms with van der Waals surface area (Å²) < 4.78 is 10.2. The minimum absolute atomic E-state index is 0.0830. The van der Waals surface area contributed by atoms with Gasteiger partial charge in [0.1, 0.15) is 5.75 Å². The highest BCUT2D eigenvalue weighted by Crippen LogP contribution is 2.37. The second-order valence-corrected chi connectivity index (χ2v) is 3.73. The number of methoxy groups -OCH3 is 1. The molecule has 1 aromatic rings. The number of unbranched alkanes of at least 4 members (excludes halogenated alkanes) is 1. The molecule has 6 nitrogen and oxygen atoms in total. The maximum atomic E-state index is 10.7. The Bertz CT molecular complexity index is 485. The van der Waals surface area contributed by atoms with Crippen LogP contribution in [0.3, 0.4) is 0 Å². The average Bonchev–Trinajstić information content (AvgIpc) is 2.35. The van der Waals surface area contributed by atoms with Gasteiger partial charge in [-0.2, -0.15) is 5.26 Å². The SMILES string of the molecule is COc1cc(OCCCC#N)c(Cl)cc1[N+](=O)[O-]. The molecular formula is C11H11ClN2O4. The van der Waals surface area contributed by atoms with Crippen LogP contribution in [0.15, 0.2) is 12.1 Å². The van der Waals surface area contributed by atoms with E-state index in [0.29, 0.717) is 25.2 Å². The number of nitro benzene ring substituents is 1. The van der Waals surface area contributed by atoms with Crippen LogP contribution < -0.4 is 9.47 Å². The Balaban J connectivity index is 2.87. The van der Waals surface area contributed by atoms with E-state index in [2.05, 4.69) is 0 Å². The highest BCUT2D eigenvalue weighted by atomic mass is 35.5. The molecule has 0 saturated heterocycles. The summed E-state index contributed by atoms with van der Waals surface area (Å²) in [6, 6.07) is 4.54. The smallest absolute Gasteiger partial charge is 0.312 e. The van der Waals surface area contributed by atoms with E-state index in [1.807, 2.05) is 6.07 Å². The molecule has 0 atom stereocenters. The summed E-state index contributed by atoms with van der Waals surface area (Å²) in [5, 5.41) is 19.2. The van der Waals surface area contributed by atoms with Crippen molar-refractivity contribution in [1.82, 2.24) is 0 Å². The Morgan fingerprint density at radius 3 is 2.78 bits per heavy atom. The van der Waals surface area contributed by atoms with Gasteiger partial charge in [-0.25, -0.2) is 0 Å². The molecule has 0 bridgehead atoms. The molecule has 0 spiro atoms. The largest absolute Gasteiger partial charge is 0.492 e. The van der Waals surface area contributed by atoms with Crippen LogP contribution >= 0.6 is 11.6 Å². The lowest BCUT2D eigenvalue weighted by molar-refractivity contribution is -0.385. The van der Waals surface area contributed by atoms with Crippen LogP contribution in [0.5, 0.6) is 11.5 Å². The fourth-order valence-corrected chi connectivity index (χ4v) is 1.49. The van der Waals surface area contributed by atoms with Crippen molar-refractivity contribution in [3.8, 4) is 17.6 Å². The number of ether oxygens (including phenoxy) is 2. The monoisotopic (exact) mass is 270 g/mol. The zero-order chi connectivity index (χ0) is 13.5. The molecule has 0 radical (unpaired) electrons. The Kier molecular flexibility index (Phi) is 5.21. The van der Waals surface area contributed by atoms with E-state index in [4.69, 9.17) is 26.3 Å². The molecule has 0 N–H and O–H groups in total. The predicted molar refractivity (Wildman–Crippen MR) is 65.0 cm³/mol. The molecule has 96 valence electrons. The number of nitriles is 1. The zero-order valence-corrected chi connectivity index (χ0v) is 10.4. The predicted octanol–water partition coefficient (Wildman–Crippen LogP) is 2.94. The van der Waals surface area contributed by atoms with Crippen LogP contribution in [-0.2, 0) is 0 Å². The normalized spacial score (nSPS) is 9.61. The Morgan fingerprint density at radius 2 is 2.22 bits per heavy atom. The maximum absolute atomic E-state index is 10.7. The third-order valence-electron chi connectivity index (χ3n) is 2.12. The second-order valence-electron chi connectivity index (χ2n) is 3.32. The zero-order valence-electron chi connectivity index (χ0n) is 9.68. The van der Waals surface area contributed by atoms with Gasteiger partial charge >= 0.3 is 5.69 Å². The first kappa shape index (κ1) is 14.1. The number of halogens is 1. The highest BCUT2D eigenvalue weighted by molar-refractivity contribution is 6.32. The number of benzene rings is 1. The Hall–Kier alpha value is -2.00. The molecule has 0 aliphatic rings. The third-order valence-corrected chi connectivity index (χ3v) is 2.42. The lowest BCUT2D eigenvalue weighted by Crippen LogP contribution is -2.00. The lowest BCUT2D eigenvalue weighted by atomic mass is 10.2. The van der Waals surface area contributed by atoms with Gasteiger partial charge in [0.05, 0.1) is 29.7 Å². The topological polar surface area (TPSA) is 85.4 Å². The van der Waals surface area contributed by atoms with E-state index >= 15 is 0 Å². The summed E-state index contributed by atoms with van der Waals surface area (Å²) in [5.74, 6) is 0.386. The molecule has 0 aliphatic heterocycles. The third kappa shape index (κ3) is 3.50. The van der Waals surface area contributed by atoms with Crippen molar-refractivity contribution >= 4 is 17.3 Å². The van der Waals surface area contributed by atoms with Crippen molar-refractivity contribution in [2.75, 3.05) is 13.7 Å². The van der Waals surface area contributed by atoms with Crippen molar-refractivity contribution < 1.29 is 14.4 Å². The van der Waals surface area contributed by atoms with Gasteiger partial charge in [-0.3, -0.25) is 10.1 Å². The van der Waals surface area contributed by atoms with E-state index in [0.717, 1.165) is 0 Å². The minimum atomic E-state index is -0.579. The van der Waals surface area contributed by atoms with E-state index in [1.165, 1.54) is 19.2 Å². The van der Waals surface area contributed by atoms with Crippen LogP contribution in [-0.4, -0.2) is 18.6 Å².